The van der Waals surface area contributed by atoms with E-state index < -0.39 is 6.04 Å². The van der Waals surface area contributed by atoms with Gasteiger partial charge in [0.1, 0.15) is 6.04 Å². The van der Waals surface area contributed by atoms with Crippen molar-refractivity contribution in [3.05, 3.63) is 29.6 Å². The number of nitrogens with zero attached hydrogens (tertiary/aromatic N) is 2. The van der Waals surface area contributed by atoms with Crippen LogP contribution in [0, 0.1) is 18.3 Å². The molecule has 0 bridgehead atoms. The molecule has 1 heterocycles. The molecule has 1 N–H and O–H groups in total. The minimum absolute atomic E-state index is 0.243. The lowest BCUT2D eigenvalue weighted by molar-refractivity contribution is 0.0943. The summed E-state index contributed by atoms with van der Waals surface area (Å²) in [5.41, 5.74) is 1.35. The summed E-state index contributed by atoms with van der Waals surface area (Å²) in [6.45, 7) is 3.83. The van der Waals surface area contributed by atoms with Gasteiger partial charge in [-0.05, 0) is 25.5 Å². The SMILES string of the molecule is CCCC(C#N)NC(=O)c1ccc(C)nc1. The molecule has 16 heavy (non-hydrogen) atoms. The second-order valence-electron chi connectivity index (χ2n) is 3.63. The normalized spacial score (nSPS) is 11.6. The van der Waals surface area contributed by atoms with Gasteiger partial charge >= 0.3 is 0 Å². The summed E-state index contributed by atoms with van der Waals surface area (Å²) < 4.78 is 0. The molecule has 0 radical (unpaired) electrons. The average molecular weight is 217 g/mol. The zero-order valence-electron chi connectivity index (χ0n) is 9.53. The van der Waals surface area contributed by atoms with E-state index in [9.17, 15) is 4.79 Å². The fourth-order valence-corrected chi connectivity index (χ4v) is 1.30. The van der Waals surface area contributed by atoms with Gasteiger partial charge < -0.3 is 5.32 Å². The number of hydrogen-bond acceptors (Lipinski definition) is 3. The van der Waals surface area contributed by atoms with E-state index in [4.69, 9.17) is 5.26 Å². The highest BCUT2D eigenvalue weighted by Crippen LogP contribution is 2.01. The number of nitriles is 1. The third-order valence-electron chi connectivity index (χ3n) is 2.21. The molecule has 0 spiro atoms. The molecule has 1 aromatic heterocycles. The fourth-order valence-electron chi connectivity index (χ4n) is 1.30. The molecule has 1 atom stereocenters. The topological polar surface area (TPSA) is 65.8 Å². The van der Waals surface area contributed by atoms with Gasteiger partial charge in [-0.25, -0.2) is 0 Å². The van der Waals surface area contributed by atoms with Crippen LogP contribution in [0.15, 0.2) is 18.3 Å². The van der Waals surface area contributed by atoms with Crippen LogP contribution >= 0.6 is 0 Å². The van der Waals surface area contributed by atoms with Crippen molar-refractivity contribution in [3.63, 3.8) is 0 Å². The van der Waals surface area contributed by atoms with Gasteiger partial charge in [0.25, 0.3) is 5.91 Å². The lowest BCUT2D eigenvalue weighted by atomic mass is 10.1. The Morgan fingerprint density at radius 1 is 1.62 bits per heavy atom. The highest BCUT2D eigenvalue weighted by atomic mass is 16.1. The average Bonchev–Trinajstić information content (AvgIpc) is 2.29. The smallest absolute Gasteiger partial charge is 0.253 e. The van der Waals surface area contributed by atoms with E-state index in [1.165, 1.54) is 6.20 Å². The Labute approximate surface area is 95.3 Å². The van der Waals surface area contributed by atoms with Crippen LogP contribution in [0.25, 0.3) is 0 Å². The molecule has 0 aliphatic heterocycles. The maximum Gasteiger partial charge on any atom is 0.253 e. The van der Waals surface area contributed by atoms with E-state index in [0.717, 1.165) is 12.1 Å². The summed E-state index contributed by atoms with van der Waals surface area (Å²) in [6.07, 6.45) is 3.05. The van der Waals surface area contributed by atoms with Crippen LogP contribution in [0.5, 0.6) is 0 Å². The zero-order valence-corrected chi connectivity index (χ0v) is 9.53. The summed E-state index contributed by atoms with van der Waals surface area (Å²) in [6, 6.07) is 5.13. The maximum absolute atomic E-state index is 11.7. The van der Waals surface area contributed by atoms with Crippen molar-refractivity contribution in [1.82, 2.24) is 10.3 Å². The van der Waals surface area contributed by atoms with Gasteiger partial charge in [0, 0.05) is 11.9 Å². The minimum atomic E-state index is -0.418. The minimum Gasteiger partial charge on any atom is -0.336 e. The van der Waals surface area contributed by atoms with E-state index in [-0.39, 0.29) is 5.91 Å². The molecule has 0 fully saturated rings. The highest BCUT2D eigenvalue weighted by molar-refractivity contribution is 5.94. The van der Waals surface area contributed by atoms with Gasteiger partial charge in [0.05, 0.1) is 11.6 Å². The first-order chi connectivity index (χ1) is 7.67. The molecular formula is C12H15N3O. The van der Waals surface area contributed by atoms with E-state index in [1.54, 1.807) is 12.1 Å². The third-order valence-corrected chi connectivity index (χ3v) is 2.21. The van der Waals surface area contributed by atoms with Crippen LogP contribution in [0.3, 0.4) is 0 Å². The van der Waals surface area contributed by atoms with Crippen LogP contribution in [-0.4, -0.2) is 16.9 Å². The predicted molar refractivity (Wildman–Crippen MR) is 60.7 cm³/mol. The number of pyridine rings is 1. The molecule has 0 saturated carbocycles. The predicted octanol–water partition coefficient (Wildman–Crippen LogP) is 1.81. The van der Waals surface area contributed by atoms with Crippen molar-refractivity contribution in [2.24, 2.45) is 0 Å². The second-order valence-corrected chi connectivity index (χ2v) is 3.63. The lowest BCUT2D eigenvalue weighted by Crippen LogP contribution is -2.33. The number of hydrogen-bond donors (Lipinski definition) is 1. The van der Waals surface area contributed by atoms with E-state index in [0.29, 0.717) is 12.0 Å². The number of amides is 1. The van der Waals surface area contributed by atoms with Gasteiger partial charge in [0.15, 0.2) is 0 Å². The van der Waals surface area contributed by atoms with E-state index >= 15 is 0 Å². The Kier molecular flexibility index (Phi) is 4.46. The van der Waals surface area contributed by atoms with Crippen molar-refractivity contribution in [2.75, 3.05) is 0 Å². The van der Waals surface area contributed by atoms with Crippen molar-refractivity contribution in [3.8, 4) is 6.07 Å². The second kappa shape index (κ2) is 5.86. The molecule has 1 unspecified atom stereocenters. The van der Waals surface area contributed by atoms with Crippen LogP contribution in [-0.2, 0) is 0 Å². The first-order valence-electron chi connectivity index (χ1n) is 5.30. The molecular weight excluding hydrogens is 202 g/mol. The van der Waals surface area contributed by atoms with E-state index in [2.05, 4.69) is 16.4 Å². The first-order valence-corrected chi connectivity index (χ1v) is 5.30. The number of carbonyl (C=O) groups is 1. The molecule has 0 aliphatic carbocycles. The number of nitrogens with one attached hydrogen (secondary N) is 1. The molecule has 1 rings (SSSR count). The molecule has 4 nitrogen and oxygen atoms in total. The molecule has 1 amide bonds. The molecule has 84 valence electrons. The Morgan fingerprint density at radius 2 is 2.38 bits per heavy atom. The summed E-state index contributed by atoms with van der Waals surface area (Å²) in [5, 5.41) is 11.5. The Hall–Kier alpha value is -1.89. The van der Waals surface area contributed by atoms with Gasteiger partial charge in [0.2, 0.25) is 0 Å². The van der Waals surface area contributed by atoms with Crippen LogP contribution in [0.2, 0.25) is 0 Å². The Balaban J connectivity index is 2.65. The number of aryl methyl sites for hydroxylation is 1. The van der Waals surface area contributed by atoms with Crippen molar-refractivity contribution >= 4 is 5.91 Å². The van der Waals surface area contributed by atoms with Crippen molar-refractivity contribution in [1.29, 1.82) is 5.26 Å². The monoisotopic (exact) mass is 217 g/mol. The molecule has 1 aromatic rings. The van der Waals surface area contributed by atoms with Crippen molar-refractivity contribution in [2.45, 2.75) is 32.7 Å². The highest BCUT2D eigenvalue weighted by Gasteiger charge is 2.11. The van der Waals surface area contributed by atoms with Gasteiger partial charge in [-0.3, -0.25) is 9.78 Å². The van der Waals surface area contributed by atoms with Crippen LogP contribution < -0.4 is 5.32 Å². The van der Waals surface area contributed by atoms with Gasteiger partial charge in [-0.15, -0.1) is 0 Å². The quantitative estimate of drug-likeness (QED) is 0.836. The summed E-state index contributed by atoms with van der Waals surface area (Å²) in [5.74, 6) is -0.243. The molecule has 0 aromatic carbocycles. The van der Waals surface area contributed by atoms with Crippen molar-refractivity contribution < 1.29 is 4.79 Å². The number of aromatic nitrogens is 1. The standard InChI is InChI=1S/C12H15N3O/c1-3-4-11(7-13)15-12(16)10-6-5-9(2)14-8-10/h5-6,8,11H,3-4H2,1-2H3,(H,15,16). The molecule has 0 saturated heterocycles. The fraction of sp³-hybridized carbons (Fsp3) is 0.417. The van der Waals surface area contributed by atoms with E-state index in [1.807, 2.05) is 13.8 Å². The summed E-state index contributed by atoms with van der Waals surface area (Å²) in [4.78, 5) is 15.7. The van der Waals surface area contributed by atoms with Crippen LogP contribution in [0.4, 0.5) is 0 Å². The largest absolute Gasteiger partial charge is 0.336 e. The van der Waals surface area contributed by atoms with Gasteiger partial charge in [-0.2, -0.15) is 5.26 Å². The number of carbonyl (C=O) groups excluding carboxylic acids is 1. The third kappa shape index (κ3) is 3.35. The Bertz CT molecular complexity index is 392. The van der Waals surface area contributed by atoms with Crippen LogP contribution in [0.1, 0.15) is 35.8 Å². The van der Waals surface area contributed by atoms with Gasteiger partial charge in [-0.1, -0.05) is 13.3 Å². The summed E-state index contributed by atoms with van der Waals surface area (Å²) in [7, 11) is 0. The Morgan fingerprint density at radius 3 is 2.88 bits per heavy atom. The summed E-state index contributed by atoms with van der Waals surface area (Å²) >= 11 is 0. The maximum atomic E-state index is 11.7. The molecule has 0 aliphatic rings. The lowest BCUT2D eigenvalue weighted by Gasteiger charge is -2.10. The number of rotatable bonds is 4. The zero-order chi connectivity index (χ0) is 12.0. The first kappa shape index (κ1) is 12.2. The molecule has 4 heteroatoms.